The van der Waals surface area contributed by atoms with Crippen LogP contribution in [-0.2, 0) is 9.59 Å². The quantitative estimate of drug-likeness (QED) is 0.829. The first-order valence-electron chi connectivity index (χ1n) is 6.55. The van der Waals surface area contributed by atoms with Gasteiger partial charge in [0.25, 0.3) is 0 Å². The molecule has 0 bridgehead atoms. The van der Waals surface area contributed by atoms with Gasteiger partial charge in [0, 0.05) is 5.92 Å². The lowest BCUT2D eigenvalue weighted by atomic mass is 9.92. The number of benzene rings is 1. The second kappa shape index (κ2) is 6.92. The molecule has 0 aromatic heterocycles. The SMILES string of the molecule is CCC(C)C(C)C(=O)NC(C(=O)O)c1ccccc1. The number of hydrogen-bond acceptors (Lipinski definition) is 2. The lowest BCUT2D eigenvalue weighted by Gasteiger charge is -2.21. The van der Waals surface area contributed by atoms with Gasteiger partial charge in [-0.2, -0.15) is 0 Å². The maximum atomic E-state index is 12.1. The minimum absolute atomic E-state index is 0.199. The van der Waals surface area contributed by atoms with Gasteiger partial charge in [-0.05, 0) is 11.5 Å². The Labute approximate surface area is 113 Å². The molecule has 3 atom stereocenters. The molecule has 1 amide bonds. The summed E-state index contributed by atoms with van der Waals surface area (Å²) in [5, 5.41) is 11.8. The summed E-state index contributed by atoms with van der Waals surface area (Å²) in [5.74, 6) is -1.23. The minimum atomic E-state index is -1.05. The summed E-state index contributed by atoms with van der Waals surface area (Å²) in [4.78, 5) is 23.3. The molecule has 2 N–H and O–H groups in total. The van der Waals surface area contributed by atoms with Crippen molar-refractivity contribution >= 4 is 11.9 Å². The second-order valence-corrected chi connectivity index (χ2v) is 4.86. The number of hydrogen-bond donors (Lipinski definition) is 2. The number of carbonyl (C=O) groups excluding carboxylic acids is 1. The molecule has 0 fully saturated rings. The van der Waals surface area contributed by atoms with Crippen molar-refractivity contribution in [3.63, 3.8) is 0 Å². The summed E-state index contributed by atoms with van der Waals surface area (Å²) < 4.78 is 0. The van der Waals surface area contributed by atoms with Crippen LogP contribution in [0.3, 0.4) is 0 Å². The topological polar surface area (TPSA) is 66.4 Å². The molecule has 0 saturated heterocycles. The highest BCUT2D eigenvalue weighted by atomic mass is 16.4. The number of carboxylic acid groups (broad SMARTS) is 1. The third kappa shape index (κ3) is 4.09. The highest BCUT2D eigenvalue weighted by molar-refractivity contribution is 5.85. The van der Waals surface area contributed by atoms with E-state index >= 15 is 0 Å². The molecule has 1 rings (SSSR count). The van der Waals surface area contributed by atoms with Crippen molar-refractivity contribution in [2.24, 2.45) is 11.8 Å². The average Bonchev–Trinajstić information content (AvgIpc) is 2.43. The van der Waals surface area contributed by atoms with E-state index in [9.17, 15) is 14.7 Å². The second-order valence-electron chi connectivity index (χ2n) is 4.86. The van der Waals surface area contributed by atoms with Gasteiger partial charge in [-0.15, -0.1) is 0 Å². The molecule has 0 aliphatic rings. The van der Waals surface area contributed by atoms with Crippen LogP contribution in [0.5, 0.6) is 0 Å². The van der Waals surface area contributed by atoms with Gasteiger partial charge in [-0.3, -0.25) is 4.79 Å². The summed E-state index contributed by atoms with van der Waals surface area (Å²) >= 11 is 0. The number of carboxylic acids is 1. The van der Waals surface area contributed by atoms with Crippen LogP contribution in [-0.4, -0.2) is 17.0 Å². The Kier molecular flexibility index (Phi) is 5.55. The van der Waals surface area contributed by atoms with Crippen LogP contribution < -0.4 is 5.32 Å². The van der Waals surface area contributed by atoms with E-state index in [0.29, 0.717) is 5.56 Å². The molecule has 0 heterocycles. The van der Waals surface area contributed by atoms with Crippen molar-refractivity contribution in [3.8, 4) is 0 Å². The summed E-state index contributed by atoms with van der Waals surface area (Å²) in [6, 6.07) is 7.75. The Balaban J connectivity index is 2.81. The fourth-order valence-corrected chi connectivity index (χ4v) is 1.82. The molecule has 1 aromatic rings. The van der Waals surface area contributed by atoms with Crippen molar-refractivity contribution < 1.29 is 14.7 Å². The minimum Gasteiger partial charge on any atom is -0.479 e. The van der Waals surface area contributed by atoms with E-state index in [2.05, 4.69) is 5.32 Å². The molecule has 0 spiro atoms. The van der Waals surface area contributed by atoms with Gasteiger partial charge < -0.3 is 10.4 Å². The van der Waals surface area contributed by atoms with Crippen LogP contribution in [0.1, 0.15) is 38.8 Å². The fraction of sp³-hybridized carbons (Fsp3) is 0.467. The van der Waals surface area contributed by atoms with Gasteiger partial charge in [-0.25, -0.2) is 4.79 Å². The molecule has 104 valence electrons. The smallest absolute Gasteiger partial charge is 0.330 e. The number of rotatable bonds is 6. The van der Waals surface area contributed by atoms with E-state index in [1.54, 1.807) is 24.3 Å². The molecule has 4 nitrogen and oxygen atoms in total. The largest absolute Gasteiger partial charge is 0.479 e. The summed E-state index contributed by atoms with van der Waals surface area (Å²) in [6.07, 6.45) is 0.887. The first kappa shape index (κ1) is 15.2. The molecule has 0 saturated carbocycles. The zero-order valence-electron chi connectivity index (χ0n) is 11.6. The van der Waals surface area contributed by atoms with Crippen LogP contribution in [0.15, 0.2) is 30.3 Å². The van der Waals surface area contributed by atoms with Crippen LogP contribution >= 0.6 is 0 Å². The van der Waals surface area contributed by atoms with Crippen molar-refractivity contribution in [2.45, 2.75) is 33.2 Å². The molecule has 19 heavy (non-hydrogen) atoms. The van der Waals surface area contributed by atoms with Crippen LogP contribution in [0.2, 0.25) is 0 Å². The number of aliphatic carboxylic acids is 1. The Hall–Kier alpha value is -1.84. The normalized spacial score (nSPS) is 15.3. The lowest BCUT2D eigenvalue weighted by molar-refractivity contribution is -0.142. The van der Waals surface area contributed by atoms with Crippen LogP contribution in [0.4, 0.5) is 0 Å². The van der Waals surface area contributed by atoms with Gasteiger partial charge in [0.05, 0.1) is 0 Å². The van der Waals surface area contributed by atoms with Crippen molar-refractivity contribution in [3.05, 3.63) is 35.9 Å². The molecule has 4 heteroatoms. The predicted molar refractivity (Wildman–Crippen MR) is 73.6 cm³/mol. The van der Waals surface area contributed by atoms with Crippen molar-refractivity contribution in [1.29, 1.82) is 0 Å². The third-order valence-corrected chi connectivity index (χ3v) is 3.58. The Morgan fingerprint density at radius 3 is 2.26 bits per heavy atom. The van der Waals surface area contributed by atoms with Crippen LogP contribution in [0.25, 0.3) is 0 Å². The Bertz CT molecular complexity index is 430. The first-order valence-corrected chi connectivity index (χ1v) is 6.55. The maximum Gasteiger partial charge on any atom is 0.330 e. The molecule has 3 unspecified atom stereocenters. The molecular formula is C15H21NO3. The van der Waals surface area contributed by atoms with E-state index in [0.717, 1.165) is 6.42 Å². The zero-order valence-corrected chi connectivity index (χ0v) is 11.6. The molecular weight excluding hydrogens is 242 g/mol. The Morgan fingerprint density at radius 1 is 1.21 bits per heavy atom. The standard InChI is InChI=1S/C15H21NO3/c1-4-10(2)11(3)14(17)16-13(15(18)19)12-8-6-5-7-9-12/h5-11,13H,4H2,1-3H3,(H,16,17)(H,18,19). The molecule has 0 aliphatic heterocycles. The van der Waals surface area contributed by atoms with Gasteiger partial charge >= 0.3 is 5.97 Å². The lowest BCUT2D eigenvalue weighted by Crippen LogP contribution is -2.38. The van der Waals surface area contributed by atoms with E-state index < -0.39 is 12.0 Å². The van der Waals surface area contributed by atoms with Gasteiger partial charge in [0.1, 0.15) is 0 Å². The van der Waals surface area contributed by atoms with E-state index in [4.69, 9.17) is 0 Å². The molecule has 0 aliphatic carbocycles. The summed E-state index contributed by atoms with van der Waals surface area (Å²) in [6.45, 7) is 5.83. The molecule has 1 aromatic carbocycles. The van der Waals surface area contributed by atoms with Crippen LogP contribution in [0, 0.1) is 11.8 Å². The van der Waals surface area contributed by atoms with Crippen molar-refractivity contribution in [1.82, 2.24) is 5.32 Å². The maximum absolute atomic E-state index is 12.1. The monoisotopic (exact) mass is 263 g/mol. The Morgan fingerprint density at radius 2 is 1.79 bits per heavy atom. The number of carbonyl (C=O) groups is 2. The highest BCUT2D eigenvalue weighted by Gasteiger charge is 2.26. The summed E-state index contributed by atoms with van der Waals surface area (Å²) in [7, 11) is 0. The molecule has 0 radical (unpaired) electrons. The van der Waals surface area contributed by atoms with E-state index in [-0.39, 0.29) is 17.7 Å². The van der Waals surface area contributed by atoms with Gasteiger partial charge in [0.2, 0.25) is 5.91 Å². The highest BCUT2D eigenvalue weighted by Crippen LogP contribution is 2.18. The average molecular weight is 263 g/mol. The van der Waals surface area contributed by atoms with Gasteiger partial charge in [-0.1, -0.05) is 57.5 Å². The van der Waals surface area contributed by atoms with E-state index in [1.807, 2.05) is 26.8 Å². The zero-order chi connectivity index (χ0) is 14.4. The number of nitrogens with one attached hydrogen (secondary N) is 1. The number of amides is 1. The third-order valence-electron chi connectivity index (χ3n) is 3.58. The predicted octanol–water partition coefficient (Wildman–Crippen LogP) is 2.61. The summed E-state index contributed by atoms with van der Waals surface area (Å²) in [5.41, 5.74) is 0.583. The van der Waals surface area contributed by atoms with E-state index in [1.165, 1.54) is 0 Å². The fourth-order valence-electron chi connectivity index (χ4n) is 1.82. The van der Waals surface area contributed by atoms with Crippen molar-refractivity contribution in [2.75, 3.05) is 0 Å². The van der Waals surface area contributed by atoms with Gasteiger partial charge in [0.15, 0.2) is 6.04 Å². The first-order chi connectivity index (χ1) is 8.97.